The summed E-state index contributed by atoms with van der Waals surface area (Å²) < 4.78 is 0. The molecular formula is C11H15N3O2S. The fraction of sp³-hybridized carbons (Fsp3) is 0.455. The highest BCUT2D eigenvalue weighted by Crippen LogP contribution is 2.06. The minimum Gasteiger partial charge on any atom is -0.396 e. The van der Waals surface area contributed by atoms with Crippen molar-refractivity contribution in [1.82, 2.24) is 10.3 Å². The van der Waals surface area contributed by atoms with Crippen LogP contribution in [0, 0.1) is 11.3 Å². The zero-order valence-corrected chi connectivity index (χ0v) is 10.4. The van der Waals surface area contributed by atoms with E-state index in [0.717, 1.165) is 5.75 Å². The molecule has 5 nitrogen and oxygen atoms in total. The second kappa shape index (κ2) is 6.99. The van der Waals surface area contributed by atoms with Gasteiger partial charge in [-0.2, -0.15) is 17.0 Å². The van der Waals surface area contributed by atoms with Gasteiger partial charge in [0.05, 0.1) is 5.56 Å². The minimum absolute atomic E-state index is 0.0437. The summed E-state index contributed by atoms with van der Waals surface area (Å²) in [6, 6.07) is 3.38. The third-order valence-corrected chi connectivity index (χ3v) is 2.98. The number of carbonyl (C=O) groups is 1. The van der Waals surface area contributed by atoms with Gasteiger partial charge in [0, 0.05) is 24.6 Å². The van der Waals surface area contributed by atoms with Crippen molar-refractivity contribution in [2.75, 3.05) is 18.6 Å². The summed E-state index contributed by atoms with van der Waals surface area (Å²) in [5.74, 6) is 0.525. The monoisotopic (exact) mass is 253 g/mol. The van der Waals surface area contributed by atoms with Gasteiger partial charge >= 0.3 is 0 Å². The molecule has 0 aliphatic carbocycles. The third kappa shape index (κ3) is 4.13. The maximum absolute atomic E-state index is 11.8. The number of H-pyrrole nitrogens is 1. The number of nitrogens with one attached hydrogen (secondary N) is 2. The van der Waals surface area contributed by atoms with E-state index >= 15 is 0 Å². The molecule has 1 aromatic heterocycles. The Hall–Kier alpha value is -1.45. The van der Waals surface area contributed by atoms with Gasteiger partial charge in [0.2, 0.25) is 0 Å². The SMILES string of the molecule is CSCC(CCO)NC(=O)c1c[nH]c(C#N)c1. The van der Waals surface area contributed by atoms with Crippen molar-refractivity contribution < 1.29 is 9.90 Å². The average Bonchev–Trinajstić information content (AvgIpc) is 2.78. The topological polar surface area (TPSA) is 88.9 Å². The second-order valence-corrected chi connectivity index (χ2v) is 4.46. The predicted octanol–water partition coefficient (Wildman–Crippen LogP) is 0.730. The van der Waals surface area contributed by atoms with Crippen LogP contribution in [0.25, 0.3) is 0 Å². The Kier molecular flexibility index (Phi) is 5.60. The number of aliphatic hydroxyl groups excluding tert-OH is 1. The van der Waals surface area contributed by atoms with E-state index in [4.69, 9.17) is 10.4 Å². The minimum atomic E-state index is -0.227. The molecule has 1 unspecified atom stereocenters. The van der Waals surface area contributed by atoms with Gasteiger partial charge in [-0.15, -0.1) is 0 Å². The Balaban J connectivity index is 2.60. The number of hydrogen-bond donors (Lipinski definition) is 3. The van der Waals surface area contributed by atoms with Crippen LogP contribution in [0.2, 0.25) is 0 Å². The van der Waals surface area contributed by atoms with Crippen molar-refractivity contribution in [3.63, 3.8) is 0 Å². The summed E-state index contributed by atoms with van der Waals surface area (Å²) in [5, 5.41) is 20.3. The summed E-state index contributed by atoms with van der Waals surface area (Å²) in [7, 11) is 0. The van der Waals surface area contributed by atoms with Gasteiger partial charge in [0.1, 0.15) is 11.8 Å². The van der Waals surface area contributed by atoms with Crippen molar-refractivity contribution in [3.05, 3.63) is 23.5 Å². The number of nitriles is 1. The molecule has 0 fully saturated rings. The maximum Gasteiger partial charge on any atom is 0.253 e. The number of hydrogen-bond acceptors (Lipinski definition) is 4. The van der Waals surface area contributed by atoms with Crippen LogP contribution >= 0.6 is 11.8 Å². The third-order valence-electron chi connectivity index (χ3n) is 2.25. The Labute approximate surface area is 104 Å². The zero-order chi connectivity index (χ0) is 12.7. The van der Waals surface area contributed by atoms with Gasteiger partial charge in [-0.05, 0) is 18.7 Å². The molecule has 0 saturated carbocycles. The summed E-state index contributed by atoms with van der Waals surface area (Å²) in [6.45, 7) is 0.0437. The molecule has 92 valence electrons. The van der Waals surface area contributed by atoms with Crippen LogP contribution in [-0.4, -0.2) is 40.7 Å². The molecule has 0 bridgehead atoms. The standard InChI is InChI=1S/C11H15N3O2S/c1-17-7-9(2-3-15)14-11(16)8-4-10(5-12)13-6-8/h4,6,9,13,15H,2-3,7H2,1H3,(H,14,16). The number of aromatic nitrogens is 1. The van der Waals surface area contributed by atoms with Crippen LogP contribution in [0.5, 0.6) is 0 Å². The molecule has 1 amide bonds. The molecule has 0 aromatic carbocycles. The van der Waals surface area contributed by atoms with Gasteiger partial charge in [0.25, 0.3) is 5.91 Å². The highest BCUT2D eigenvalue weighted by atomic mass is 32.2. The smallest absolute Gasteiger partial charge is 0.253 e. The molecule has 0 saturated heterocycles. The molecule has 1 aromatic rings. The number of nitrogens with zero attached hydrogens (tertiary/aromatic N) is 1. The summed E-state index contributed by atoms with van der Waals surface area (Å²) in [5.41, 5.74) is 0.796. The number of carbonyl (C=O) groups excluding carboxylic acids is 1. The lowest BCUT2D eigenvalue weighted by Gasteiger charge is -2.15. The first kappa shape index (κ1) is 13.6. The van der Waals surface area contributed by atoms with Crippen molar-refractivity contribution in [2.45, 2.75) is 12.5 Å². The number of aliphatic hydroxyl groups is 1. The fourth-order valence-corrected chi connectivity index (χ4v) is 2.07. The molecule has 17 heavy (non-hydrogen) atoms. The fourth-order valence-electron chi connectivity index (χ4n) is 1.41. The van der Waals surface area contributed by atoms with E-state index in [1.54, 1.807) is 11.8 Å². The summed E-state index contributed by atoms with van der Waals surface area (Å²) in [4.78, 5) is 14.5. The Morgan fingerprint density at radius 1 is 1.76 bits per heavy atom. The highest BCUT2D eigenvalue weighted by Gasteiger charge is 2.14. The first-order chi connectivity index (χ1) is 8.21. The lowest BCUT2D eigenvalue weighted by Crippen LogP contribution is -2.37. The number of aromatic amines is 1. The van der Waals surface area contributed by atoms with E-state index in [1.807, 2.05) is 12.3 Å². The zero-order valence-electron chi connectivity index (χ0n) is 9.56. The van der Waals surface area contributed by atoms with E-state index in [-0.39, 0.29) is 18.6 Å². The predicted molar refractivity (Wildman–Crippen MR) is 66.8 cm³/mol. The van der Waals surface area contributed by atoms with Gasteiger partial charge in [-0.25, -0.2) is 0 Å². The molecule has 0 spiro atoms. The molecule has 1 atom stereocenters. The largest absolute Gasteiger partial charge is 0.396 e. The van der Waals surface area contributed by atoms with Crippen molar-refractivity contribution in [3.8, 4) is 6.07 Å². The Bertz CT molecular complexity index is 405. The number of amides is 1. The van der Waals surface area contributed by atoms with Crippen LogP contribution < -0.4 is 5.32 Å². The summed E-state index contributed by atoms with van der Waals surface area (Å²) in [6.07, 6.45) is 3.98. The van der Waals surface area contributed by atoms with E-state index < -0.39 is 0 Å². The quantitative estimate of drug-likeness (QED) is 0.697. The molecule has 0 aliphatic heterocycles. The molecule has 6 heteroatoms. The average molecular weight is 253 g/mol. The number of rotatable bonds is 6. The lowest BCUT2D eigenvalue weighted by molar-refractivity contribution is 0.0935. The van der Waals surface area contributed by atoms with Crippen LogP contribution in [0.15, 0.2) is 12.3 Å². The van der Waals surface area contributed by atoms with Crippen molar-refractivity contribution >= 4 is 17.7 Å². The van der Waals surface area contributed by atoms with Gasteiger partial charge < -0.3 is 15.4 Å². The Morgan fingerprint density at radius 2 is 2.53 bits per heavy atom. The van der Waals surface area contributed by atoms with Crippen molar-refractivity contribution in [2.24, 2.45) is 0 Å². The van der Waals surface area contributed by atoms with Crippen LogP contribution in [0.4, 0.5) is 0 Å². The van der Waals surface area contributed by atoms with Crippen LogP contribution in [0.1, 0.15) is 22.5 Å². The molecule has 3 N–H and O–H groups in total. The normalized spacial score (nSPS) is 11.8. The van der Waals surface area contributed by atoms with Gasteiger partial charge in [-0.1, -0.05) is 0 Å². The van der Waals surface area contributed by atoms with E-state index in [9.17, 15) is 4.79 Å². The van der Waals surface area contributed by atoms with E-state index in [2.05, 4.69) is 10.3 Å². The van der Waals surface area contributed by atoms with E-state index in [0.29, 0.717) is 17.7 Å². The molecule has 1 heterocycles. The first-order valence-corrected chi connectivity index (χ1v) is 6.59. The lowest BCUT2D eigenvalue weighted by atomic mass is 10.2. The number of thioether (sulfide) groups is 1. The van der Waals surface area contributed by atoms with E-state index in [1.165, 1.54) is 12.3 Å². The van der Waals surface area contributed by atoms with Crippen molar-refractivity contribution in [1.29, 1.82) is 5.26 Å². The first-order valence-electron chi connectivity index (χ1n) is 5.20. The molecular weight excluding hydrogens is 238 g/mol. The summed E-state index contributed by atoms with van der Waals surface area (Å²) >= 11 is 1.61. The van der Waals surface area contributed by atoms with Crippen LogP contribution in [0.3, 0.4) is 0 Å². The second-order valence-electron chi connectivity index (χ2n) is 3.55. The highest BCUT2D eigenvalue weighted by molar-refractivity contribution is 7.98. The molecule has 1 rings (SSSR count). The Morgan fingerprint density at radius 3 is 3.06 bits per heavy atom. The maximum atomic E-state index is 11.8. The van der Waals surface area contributed by atoms with Gasteiger partial charge in [0.15, 0.2) is 0 Å². The molecule has 0 aliphatic rings. The van der Waals surface area contributed by atoms with Gasteiger partial charge in [-0.3, -0.25) is 4.79 Å². The molecule has 0 radical (unpaired) electrons. The van der Waals surface area contributed by atoms with Crippen LogP contribution in [-0.2, 0) is 0 Å².